The lowest BCUT2D eigenvalue weighted by Crippen LogP contribution is -2.58. The summed E-state index contributed by atoms with van der Waals surface area (Å²) in [6.07, 6.45) is -7.34. The Morgan fingerprint density at radius 2 is 1.14 bits per heavy atom. The molecule has 3 rings (SSSR count). The number of carboxylic acid groups (broad SMARTS) is 5. The fourth-order valence-corrected chi connectivity index (χ4v) is 8.38. The molecule has 0 bridgehead atoms. The second-order valence-corrected chi connectivity index (χ2v) is 19.5. The van der Waals surface area contributed by atoms with Gasteiger partial charge in [0.1, 0.15) is 24.2 Å². The summed E-state index contributed by atoms with van der Waals surface area (Å²) in [7, 11) is 0. The molecule has 2 heterocycles. The highest BCUT2D eigenvalue weighted by molar-refractivity contribution is 5.98. The maximum atomic E-state index is 14.6. The highest BCUT2D eigenvalue weighted by Gasteiger charge is 2.42. The Bertz CT molecular complexity index is 2720. The van der Waals surface area contributed by atoms with Crippen LogP contribution in [-0.2, 0) is 81.4 Å². The normalized spacial score (nSPS) is 16.9. The SMILES string of the molecule is NC(N)=NCCC[C@@H]1NC(=O)[C@H](CCCn2nnc(C(=O)NCCOCCOCCNC(=O)CN(CCN(CCN(CC(=O)O)CC(=O)O)CC(=O)O)CC(=O)O)c2C(F)(F)F)NC(=O)[C@@H](Cc2ccccc2)NC(=O)[C@H](CC(=O)O)NC(=O)CNC1=O. The van der Waals surface area contributed by atoms with E-state index in [9.17, 15) is 86.0 Å². The average Bonchev–Trinajstić information content (AvgIpc) is 2.26. The number of hydrogen-bond acceptors (Lipinski definition) is 20. The molecule has 16 N–H and O–H groups in total. The zero-order valence-electron chi connectivity index (χ0n) is 47.5. The molecule has 0 unspecified atom stereocenters. The van der Waals surface area contributed by atoms with Gasteiger partial charge in [0, 0.05) is 58.8 Å². The van der Waals surface area contributed by atoms with Gasteiger partial charge in [0.15, 0.2) is 17.3 Å². The third-order valence-corrected chi connectivity index (χ3v) is 12.4. The predicted molar refractivity (Wildman–Crippen MR) is 294 cm³/mol. The minimum absolute atomic E-state index is 0.0233. The minimum Gasteiger partial charge on any atom is -0.481 e. The van der Waals surface area contributed by atoms with Gasteiger partial charge in [0.25, 0.3) is 5.91 Å². The molecule has 1 saturated heterocycles. The molecule has 1 aliphatic heterocycles. The van der Waals surface area contributed by atoms with E-state index in [2.05, 4.69) is 52.5 Å². The molecule has 0 aliphatic carbocycles. The van der Waals surface area contributed by atoms with Crippen molar-refractivity contribution in [1.82, 2.24) is 66.9 Å². The van der Waals surface area contributed by atoms with Crippen LogP contribution in [-0.4, -0.2) is 268 Å². The van der Waals surface area contributed by atoms with Gasteiger partial charge in [-0.2, -0.15) is 13.2 Å². The molecule has 2 aromatic rings. The van der Waals surface area contributed by atoms with Crippen molar-refractivity contribution in [1.29, 1.82) is 0 Å². The summed E-state index contributed by atoms with van der Waals surface area (Å²) in [4.78, 5) is 158. The van der Waals surface area contributed by atoms with Crippen LogP contribution in [0.2, 0.25) is 0 Å². The number of rotatable bonds is 38. The summed E-state index contributed by atoms with van der Waals surface area (Å²) in [6.45, 7) is -5.59. The Labute approximate surface area is 499 Å². The summed E-state index contributed by atoms with van der Waals surface area (Å²) in [5.41, 5.74) is 8.59. The summed E-state index contributed by atoms with van der Waals surface area (Å²) < 4.78 is 55.0. The zero-order chi connectivity index (χ0) is 65.3. The Kier molecular flexibility index (Phi) is 31.7. The van der Waals surface area contributed by atoms with E-state index in [1.165, 1.54) is 9.80 Å². The Morgan fingerprint density at radius 1 is 0.636 bits per heavy atom. The monoisotopic (exact) mass is 1260 g/mol. The molecule has 488 valence electrons. The van der Waals surface area contributed by atoms with Gasteiger partial charge in [-0.25, -0.2) is 4.68 Å². The highest BCUT2D eigenvalue weighted by Crippen LogP contribution is 2.31. The van der Waals surface area contributed by atoms with Crippen LogP contribution in [0, 0.1) is 0 Å². The number of nitrogens with two attached hydrogens (primary N) is 2. The maximum Gasteiger partial charge on any atom is 0.435 e. The molecule has 88 heavy (non-hydrogen) atoms. The number of guanidine groups is 1. The number of carbonyl (C=O) groups excluding carboxylic acids is 7. The molecule has 1 aromatic carbocycles. The van der Waals surface area contributed by atoms with Crippen molar-refractivity contribution in [2.45, 2.75) is 75.4 Å². The number of aryl methyl sites for hydroxylation is 1. The summed E-state index contributed by atoms with van der Waals surface area (Å²) in [5.74, 6) is -14.0. The molecule has 0 saturated carbocycles. The Morgan fingerprint density at radius 3 is 1.69 bits per heavy atom. The van der Waals surface area contributed by atoms with Crippen molar-refractivity contribution in [3.05, 3.63) is 47.3 Å². The van der Waals surface area contributed by atoms with Gasteiger partial charge >= 0.3 is 36.0 Å². The van der Waals surface area contributed by atoms with Crippen molar-refractivity contribution >= 4 is 77.2 Å². The van der Waals surface area contributed by atoms with Gasteiger partial charge in [0.05, 0.1) is 72.1 Å². The Balaban J connectivity index is 1.61. The predicted octanol–water partition coefficient (Wildman–Crippen LogP) is -5.96. The summed E-state index contributed by atoms with van der Waals surface area (Å²) in [5, 5.41) is 70.1. The number of carboxylic acids is 5. The largest absolute Gasteiger partial charge is 0.481 e. The number of alkyl halides is 3. The molecule has 7 amide bonds. The van der Waals surface area contributed by atoms with Crippen molar-refractivity contribution in [2.24, 2.45) is 16.5 Å². The van der Waals surface area contributed by atoms with Gasteiger partial charge in [-0.05, 0) is 31.2 Å². The lowest BCUT2D eigenvalue weighted by Gasteiger charge is -2.27. The number of nitrogens with one attached hydrogen (secondary N) is 7. The van der Waals surface area contributed by atoms with Crippen molar-refractivity contribution in [2.75, 3.05) is 112 Å². The van der Waals surface area contributed by atoms with Crippen LogP contribution < -0.4 is 48.7 Å². The fourth-order valence-electron chi connectivity index (χ4n) is 8.38. The second kappa shape index (κ2) is 38.1. The fraction of sp³-hybridized carbons (Fsp3) is 0.580. The van der Waals surface area contributed by atoms with Crippen LogP contribution in [0.15, 0.2) is 35.3 Å². The first-order valence-electron chi connectivity index (χ1n) is 27.2. The summed E-state index contributed by atoms with van der Waals surface area (Å²) >= 11 is 0. The lowest BCUT2D eigenvalue weighted by molar-refractivity contribution is -0.145. The number of halogens is 3. The van der Waals surface area contributed by atoms with E-state index in [-0.39, 0.29) is 104 Å². The first-order chi connectivity index (χ1) is 41.6. The highest BCUT2D eigenvalue weighted by atomic mass is 19.4. The van der Waals surface area contributed by atoms with Crippen LogP contribution in [0.5, 0.6) is 0 Å². The number of amides is 7. The van der Waals surface area contributed by atoms with E-state index in [4.69, 9.17) is 31.2 Å². The quantitative estimate of drug-likeness (QED) is 0.0169. The summed E-state index contributed by atoms with van der Waals surface area (Å²) in [6, 6.07) is 1.69. The molecular formula is C50H73F3N16O19. The standard InChI is InChI=1S/C50H73F3N16O19/c51-50(52,53)43-42(48(86)57-12-19-88-21-20-87-18-11-56-36(71)25-67(27-39(76)77)16-14-66(26-38(74)75)15-17-68(28-40(78)79)29-41(80)81)64-65-69(43)13-5-9-32-45(83)61-31(8-4-10-58-49(54)55)44(82)59-24-35(70)60-34(23-37(72)73)47(85)63-33(46(84)62-32)22-30-6-2-1-3-7-30/h1-3,6-7,31-34H,4-5,8-29H2,(H,56,71)(H,57,86)(H,59,82)(H,60,70)(H,61,83)(H,62,84)(H,63,85)(H,72,73)(H,74,75)(H,76,77)(H,78,79)(H,80,81)(H4,54,55,58)/t31-,32-,33+,34-/m0/s1. The van der Waals surface area contributed by atoms with Gasteiger partial charge in [-0.1, -0.05) is 35.5 Å². The van der Waals surface area contributed by atoms with Crippen LogP contribution in [0.25, 0.3) is 0 Å². The van der Waals surface area contributed by atoms with Gasteiger partial charge in [-0.3, -0.25) is 77.2 Å². The molecule has 1 aromatic heterocycles. The van der Waals surface area contributed by atoms with E-state index < -0.39 is 172 Å². The van der Waals surface area contributed by atoms with E-state index in [0.717, 1.165) is 4.90 Å². The molecule has 0 radical (unpaired) electrons. The Hall–Kier alpha value is -9.14. The molecule has 4 atom stereocenters. The van der Waals surface area contributed by atoms with Gasteiger partial charge in [0.2, 0.25) is 35.4 Å². The van der Waals surface area contributed by atoms with E-state index in [0.29, 0.717) is 10.2 Å². The molecule has 1 fully saturated rings. The third-order valence-electron chi connectivity index (χ3n) is 12.4. The number of benzene rings is 1. The zero-order valence-corrected chi connectivity index (χ0v) is 47.5. The van der Waals surface area contributed by atoms with Crippen LogP contribution in [0.4, 0.5) is 13.2 Å². The number of aliphatic imine (C=N–C) groups is 1. The molecule has 0 spiro atoms. The number of aliphatic carboxylic acids is 5. The maximum absolute atomic E-state index is 14.6. The number of nitrogens with zero attached hydrogens (tertiary/aromatic N) is 7. The van der Waals surface area contributed by atoms with E-state index >= 15 is 0 Å². The second-order valence-electron chi connectivity index (χ2n) is 19.5. The minimum atomic E-state index is -5.22. The molecule has 38 heteroatoms. The third kappa shape index (κ3) is 29.3. The topological polar surface area (TPSA) is 513 Å². The van der Waals surface area contributed by atoms with Gasteiger partial charge in [-0.15, -0.1) is 5.10 Å². The lowest BCUT2D eigenvalue weighted by atomic mass is 10.0. The van der Waals surface area contributed by atoms with Crippen LogP contribution >= 0.6 is 0 Å². The smallest absolute Gasteiger partial charge is 0.435 e. The molecule has 1 aliphatic rings. The van der Waals surface area contributed by atoms with Crippen LogP contribution in [0.1, 0.15) is 53.8 Å². The average molecular weight is 1260 g/mol. The van der Waals surface area contributed by atoms with Crippen molar-refractivity contribution in [3.63, 3.8) is 0 Å². The van der Waals surface area contributed by atoms with E-state index in [1.54, 1.807) is 30.3 Å². The number of aromatic nitrogens is 3. The van der Waals surface area contributed by atoms with Gasteiger partial charge < -0.3 is 83.7 Å². The number of carbonyl (C=O) groups is 12. The van der Waals surface area contributed by atoms with Crippen molar-refractivity contribution in [3.8, 4) is 0 Å². The number of ether oxygens (including phenoxy) is 2. The van der Waals surface area contributed by atoms with Crippen LogP contribution in [0.3, 0.4) is 0 Å². The number of hydrogen-bond donors (Lipinski definition) is 14. The molecule has 35 nitrogen and oxygen atoms in total. The van der Waals surface area contributed by atoms with E-state index in [1.807, 2.05) is 0 Å². The first kappa shape index (κ1) is 73.1. The first-order valence-corrected chi connectivity index (χ1v) is 27.2. The van der Waals surface area contributed by atoms with Crippen molar-refractivity contribution < 1.29 is 106 Å². The molecular weight excluding hydrogens is 1190 g/mol.